The number of rotatable bonds is 9. The van der Waals surface area contributed by atoms with E-state index in [0.717, 1.165) is 44.7 Å². The first-order valence-corrected chi connectivity index (χ1v) is 7.35. The van der Waals surface area contributed by atoms with Gasteiger partial charge in [-0.3, -0.25) is 0 Å². The third-order valence-electron chi connectivity index (χ3n) is 3.82. The molecule has 0 aliphatic carbocycles. The Morgan fingerprint density at radius 3 is 2.67 bits per heavy atom. The van der Waals surface area contributed by atoms with E-state index in [9.17, 15) is 0 Å². The molecule has 0 aromatic rings. The molecule has 3 nitrogen and oxygen atoms in total. The summed E-state index contributed by atoms with van der Waals surface area (Å²) in [6, 6.07) is 0. The second-order valence-corrected chi connectivity index (χ2v) is 6.41. The van der Waals surface area contributed by atoms with Crippen molar-refractivity contribution in [2.45, 2.75) is 40.0 Å². The van der Waals surface area contributed by atoms with Gasteiger partial charge in [0.25, 0.3) is 0 Å². The Hall–Kier alpha value is -0.120. The maximum absolute atomic E-state index is 5.65. The summed E-state index contributed by atoms with van der Waals surface area (Å²) in [5.41, 5.74) is 0.363. The van der Waals surface area contributed by atoms with E-state index >= 15 is 0 Å². The van der Waals surface area contributed by atoms with Crippen LogP contribution in [0.3, 0.4) is 0 Å². The quantitative estimate of drug-likeness (QED) is 0.644. The predicted molar refractivity (Wildman–Crippen MR) is 75.9 cm³/mol. The van der Waals surface area contributed by atoms with Gasteiger partial charge in [-0.1, -0.05) is 20.8 Å². The highest BCUT2D eigenvalue weighted by Crippen LogP contribution is 2.36. The average Bonchev–Trinajstić information content (AvgIpc) is 2.72. The summed E-state index contributed by atoms with van der Waals surface area (Å²) in [5, 5.41) is 3.52. The van der Waals surface area contributed by atoms with Crippen molar-refractivity contribution in [1.29, 1.82) is 0 Å². The van der Waals surface area contributed by atoms with Crippen LogP contribution in [0.1, 0.15) is 40.0 Å². The monoisotopic (exact) mass is 257 g/mol. The van der Waals surface area contributed by atoms with E-state index in [0.29, 0.717) is 5.41 Å². The Morgan fingerprint density at radius 2 is 2.11 bits per heavy atom. The topological polar surface area (TPSA) is 30.5 Å². The first kappa shape index (κ1) is 15.9. The van der Waals surface area contributed by atoms with Gasteiger partial charge in [0.15, 0.2) is 0 Å². The Labute approximate surface area is 113 Å². The van der Waals surface area contributed by atoms with Crippen molar-refractivity contribution in [1.82, 2.24) is 5.32 Å². The lowest BCUT2D eigenvalue weighted by atomic mass is 9.77. The van der Waals surface area contributed by atoms with Gasteiger partial charge in [-0.2, -0.15) is 0 Å². The lowest BCUT2D eigenvalue weighted by Gasteiger charge is -2.31. The zero-order chi connectivity index (χ0) is 13.4. The van der Waals surface area contributed by atoms with Crippen molar-refractivity contribution in [2.24, 2.45) is 17.3 Å². The molecular weight excluding hydrogens is 226 g/mol. The molecule has 3 heteroatoms. The van der Waals surface area contributed by atoms with E-state index in [1.807, 2.05) is 0 Å². The molecule has 2 unspecified atom stereocenters. The van der Waals surface area contributed by atoms with Crippen molar-refractivity contribution in [3.63, 3.8) is 0 Å². The molecule has 1 heterocycles. The summed E-state index contributed by atoms with van der Waals surface area (Å²) in [4.78, 5) is 0. The minimum atomic E-state index is 0.363. The Morgan fingerprint density at radius 1 is 1.33 bits per heavy atom. The summed E-state index contributed by atoms with van der Waals surface area (Å²) in [6.07, 6.45) is 3.81. The van der Waals surface area contributed by atoms with Crippen LogP contribution >= 0.6 is 0 Å². The fraction of sp³-hybridized carbons (Fsp3) is 1.00. The van der Waals surface area contributed by atoms with E-state index in [1.54, 1.807) is 7.11 Å². The van der Waals surface area contributed by atoms with Crippen LogP contribution in [0.2, 0.25) is 0 Å². The molecule has 0 amide bonds. The van der Waals surface area contributed by atoms with Crippen molar-refractivity contribution in [2.75, 3.05) is 40.0 Å². The smallest absolute Gasteiger partial charge is 0.0587 e. The zero-order valence-corrected chi connectivity index (χ0v) is 12.6. The van der Waals surface area contributed by atoms with E-state index in [1.165, 1.54) is 19.3 Å². The first-order chi connectivity index (χ1) is 8.58. The van der Waals surface area contributed by atoms with Crippen LogP contribution in [0.25, 0.3) is 0 Å². The number of hydrogen-bond donors (Lipinski definition) is 1. The normalized spacial score (nSPS) is 25.8. The van der Waals surface area contributed by atoms with Gasteiger partial charge in [0.2, 0.25) is 0 Å². The third kappa shape index (κ3) is 5.68. The van der Waals surface area contributed by atoms with Crippen molar-refractivity contribution >= 4 is 0 Å². The molecule has 2 atom stereocenters. The standard InChI is InChI=1S/C15H31NO2/c1-13(2)9-14(3)10-15(5-7-18-12-15)11-16-6-8-17-4/h13-14,16H,5-12H2,1-4H3. The maximum Gasteiger partial charge on any atom is 0.0587 e. The van der Waals surface area contributed by atoms with Crippen LogP contribution in [0, 0.1) is 17.3 Å². The van der Waals surface area contributed by atoms with Gasteiger partial charge in [0.05, 0.1) is 13.2 Å². The summed E-state index contributed by atoms with van der Waals surface area (Å²) in [5.74, 6) is 1.58. The highest BCUT2D eigenvalue weighted by atomic mass is 16.5. The molecule has 1 fully saturated rings. The second kappa shape index (κ2) is 8.13. The predicted octanol–water partition coefficient (Wildman–Crippen LogP) is 2.70. The van der Waals surface area contributed by atoms with E-state index < -0.39 is 0 Å². The van der Waals surface area contributed by atoms with Crippen LogP contribution < -0.4 is 5.32 Å². The van der Waals surface area contributed by atoms with E-state index in [-0.39, 0.29) is 0 Å². The molecule has 1 saturated heterocycles. The Balaban J connectivity index is 2.37. The van der Waals surface area contributed by atoms with Crippen LogP contribution in [-0.4, -0.2) is 40.0 Å². The van der Waals surface area contributed by atoms with Crippen molar-refractivity contribution < 1.29 is 9.47 Å². The van der Waals surface area contributed by atoms with Gasteiger partial charge < -0.3 is 14.8 Å². The van der Waals surface area contributed by atoms with Gasteiger partial charge in [0.1, 0.15) is 0 Å². The molecule has 0 aromatic heterocycles. The van der Waals surface area contributed by atoms with Gasteiger partial charge in [-0.25, -0.2) is 0 Å². The average molecular weight is 257 g/mol. The molecule has 0 saturated carbocycles. The van der Waals surface area contributed by atoms with E-state index in [4.69, 9.17) is 9.47 Å². The lowest BCUT2D eigenvalue weighted by Crippen LogP contribution is -2.37. The Bertz CT molecular complexity index is 213. The fourth-order valence-corrected chi connectivity index (χ4v) is 3.18. The summed E-state index contributed by atoms with van der Waals surface area (Å²) >= 11 is 0. The van der Waals surface area contributed by atoms with Crippen molar-refractivity contribution in [3.05, 3.63) is 0 Å². The van der Waals surface area contributed by atoms with Crippen LogP contribution in [-0.2, 0) is 9.47 Å². The molecular formula is C15H31NO2. The third-order valence-corrected chi connectivity index (χ3v) is 3.82. The number of ether oxygens (including phenoxy) is 2. The Kier molecular flexibility index (Phi) is 7.20. The summed E-state index contributed by atoms with van der Waals surface area (Å²) in [7, 11) is 1.75. The number of nitrogens with one attached hydrogen (secondary N) is 1. The highest BCUT2D eigenvalue weighted by molar-refractivity contribution is 4.87. The summed E-state index contributed by atoms with van der Waals surface area (Å²) in [6.45, 7) is 11.7. The highest BCUT2D eigenvalue weighted by Gasteiger charge is 2.35. The molecule has 18 heavy (non-hydrogen) atoms. The molecule has 1 aliphatic rings. The van der Waals surface area contributed by atoms with Gasteiger partial charge in [0, 0.05) is 32.2 Å². The molecule has 1 rings (SSSR count). The molecule has 1 N–H and O–H groups in total. The van der Waals surface area contributed by atoms with E-state index in [2.05, 4.69) is 26.1 Å². The zero-order valence-electron chi connectivity index (χ0n) is 12.6. The largest absolute Gasteiger partial charge is 0.383 e. The lowest BCUT2D eigenvalue weighted by molar-refractivity contribution is 0.125. The minimum absolute atomic E-state index is 0.363. The van der Waals surface area contributed by atoms with Crippen LogP contribution in [0.4, 0.5) is 0 Å². The summed E-state index contributed by atoms with van der Waals surface area (Å²) < 4.78 is 10.7. The molecule has 0 aromatic carbocycles. The molecule has 0 radical (unpaired) electrons. The molecule has 0 bridgehead atoms. The molecule has 108 valence electrons. The number of hydrogen-bond acceptors (Lipinski definition) is 3. The van der Waals surface area contributed by atoms with Crippen LogP contribution in [0.15, 0.2) is 0 Å². The van der Waals surface area contributed by atoms with Gasteiger partial charge >= 0.3 is 0 Å². The SMILES string of the molecule is COCCNCC1(CC(C)CC(C)C)CCOC1. The van der Waals surface area contributed by atoms with Crippen molar-refractivity contribution in [3.8, 4) is 0 Å². The molecule has 0 spiro atoms. The maximum atomic E-state index is 5.65. The molecule has 1 aliphatic heterocycles. The minimum Gasteiger partial charge on any atom is -0.383 e. The van der Waals surface area contributed by atoms with Gasteiger partial charge in [-0.05, 0) is 31.1 Å². The second-order valence-electron chi connectivity index (χ2n) is 6.41. The number of methoxy groups -OCH3 is 1. The fourth-order valence-electron chi connectivity index (χ4n) is 3.18. The van der Waals surface area contributed by atoms with Gasteiger partial charge in [-0.15, -0.1) is 0 Å². The first-order valence-electron chi connectivity index (χ1n) is 7.35. The van der Waals surface area contributed by atoms with Crippen LogP contribution in [0.5, 0.6) is 0 Å².